The highest BCUT2D eigenvalue weighted by atomic mass is 32.2. The van der Waals surface area contributed by atoms with Gasteiger partial charge >= 0.3 is 5.97 Å². The maximum atomic E-state index is 13.1. The third-order valence-electron chi connectivity index (χ3n) is 4.53. The molecule has 0 fully saturated rings. The largest absolute Gasteiger partial charge is 0.468 e. The van der Waals surface area contributed by atoms with Gasteiger partial charge in [-0.05, 0) is 41.8 Å². The minimum Gasteiger partial charge on any atom is -0.468 e. The van der Waals surface area contributed by atoms with Crippen LogP contribution in [0.25, 0.3) is 5.57 Å². The van der Waals surface area contributed by atoms with Crippen molar-refractivity contribution in [1.82, 2.24) is 4.31 Å². The Labute approximate surface area is 162 Å². The molecule has 2 aromatic rings. The third kappa shape index (κ3) is 3.80. The van der Waals surface area contributed by atoms with Gasteiger partial charge in [-0.15, -0.1) is 0 Å². The van der Waals surface area contributed by atoms with Crippen molar-refractivity contribution in [3.8, 4) is 0 Å². The normalized spacial score (nSPS) is 17.6. The number of non-ortho nitro benzene ring substituents is 1. The SMILES string of the molecule is COC(=O)C1CC=C(c2ccc([N+](=O)[O-])cc2)CN1S(=O)(=O)c1ccccc1. The zero-order valence-electron chi connectivity index (χ0n) is 15.0. The van der Waals surface area contributed by atoms with Crippen LogP contribution in [0.15, 0.2) is 65.6 Å². The summed E-state index contributed by atoms with van der Waals surface area (Å²) in [6.45, 7) is -0.0468. The fourth-order valence-corrected chi connectivity index (χ4v) is 4.64. The molecule has 0 amide bonds. The van der Waals surface area contributed by atoms with Gasteiger partial charge in [-0.25, -0.2) is 8.42 Å². The second kappa shape index (κ2) is 7.91. The van der Waals surface area contributed by atoms with E-state index in [4.69, 9.17) is 4.74 Å². The number of hydrogen-bond acceptors (Lipinski definition) is 6. The molecule has 0 bridgehead atoms. The van der Waals surface area contributed by atoms with Gasteiger partial charge < -0.3 is 4.74 Å². The van der Waals surface area contributed by atoms with Crippen molar-refractivity contribution in [3.63, 3.8) is 0 Å². The molecule has 0 aromatic heterocycles. The molecular weight excluding hydrogens is 384 g/mol. The van der Waals surface area contributed by atoms with E-state index in [0.29, 0.717) is 11.1 Å². The summed E-state index contributed by atoms with van der Waals surface area (Å²) in [7, 11) is -2.73. The number of hydrogen-bond donors (Lipinski definition) is 0. The van der Waals surface area contributed by atoms with Gasteiger partial charge in [-0.2, -0.15) is 4.31 Å². The van der Waals surface area contributed by atoms with E-state index in [1.54, 1.807) is 36.4 Å². The van der Waals surface area contributed by atoms with Crippen LogP contribution in [0.5, 0.6) is 0 Å². The first-order valence-electron chi connectivity index (χ1n) is 8.43. The number of nitrogens with zero attached hydrogens (tertiary/aromatic N) is 2. The Morgan fingerprint density at radius 2 is 1.79 bits per heavy atom. The second-order valence-electron chi connectivity index (χ2n) is 6.17. The van der Waals surface area contributed by atoms with Crippen molar-refractivity contribution < 1.29 is 22.9 Å². The number of carbonyl (C=O) groups is 1. The first kappa shape index (κ1) is 19.7. The van der Waals surface area contributed by atoms with Gasteiger partial charge in [0.05, 0.1) is 16.9 Å². The predicted molar refractivity (Wildman–Crippen MR) is 102 cm³/mol. The Morgan fingerprint density at radius 3 is 2.36 bits per heavy atom. The lowest BCUT2D eigenvalue weighted by atomic mass is 9.98. The summed E-state index contributed by atoms with van der Waals surface area (Å²) in [5.41, 5.74) is 1.26. The highest BCUT2D eigenvalue weighted by Crippen LogP contribution is 2.30. The van der Waals surface area contributed by atoms with E-state index in [9.17, 15) is 23.3 Å². The maximum absolute atomic E-state index is 13.1. The smallest absolute Gasteiger partial charge is 0.324 e. The Bertz CT molecular complexity index is 1020. The van der Waals surface area contributed by atoms with Crippen molar-refractivity contribution in [2.24, 2.45) is 0 Å². The number of methoxy groups -OCH3 is 1. The van der Waals surface area contributed by atoms with E-state index in [1.807, 2.05) is 0 Å². The molecule has 146 valence electrons. The van der Waals surface area contributed by atoms with Crippen LogP contribution in [0.4, 0.5) is 5.69 Å². The molecule has 1 atom stereocenters. The van der Waals surface area contributed by atoms with E-state index in [2.05, 4.69) is 0 Å². The zero-order chi connectivity index (χ0) is 20.3. The third-order valence-corrected chi connectivity index (χ3v) is 6.40. The standard InChI is InChI=1S/C19H18N2O6S/c1-27-19(22)18-12-9-15(14-7-10-16(11-8-14)21(23)24)13-20(18)28(25,26)17-5-3-2-4-6-17/h2-11,18H,12-13H2,1H3. The molecular formula is C19H18N2O6S. The predicted octanol–water partition coefficient (Wildman–Crippen LogP) is 2.61. The van der Waals surface area contributed by atoms with E-state index in [-0.39, 0.29) is 23.5 Å². The molecule has 0 N–H and O–H groups in total. The molecule has 0 saturated heterocycles. The maximum Gasteiger partial charge on any atom is 0.324 e. The lowest BCUT2D eigenvalue weighted by Crippen LogP contribution is -2.47. The average Bonchev–Trinajstić information content (AvgIpc) is 2.73. The van der Waals surface area contributed by atoms with Gasteiger partial charge in [0, 0.05) is 18.7 Å². The van der Waals surface area contributed by atoms with Crippen molar-refractivity contribution in [2.45, 2.75) is 17.4 Å². The minimum atomic E-state index is -3.95. The lowest BCUT2D eigenvalue weighted by molar-refractivity contribution is -0.384. The van der Waals surface area contributed by atoms with Crippen LogP contribution in [0.1, 0.15) is 12.0 Å². The van der Waals surface area contributed by atoms with Crippen LogP contribution in [0.3, 0.4) is 0 Å². The number of sulfonamides is 1. The van der Waals surface area contributed by atoms with Gasteiger partial charge in [-0.3, -0.25) is 14.9 Å². The Hall–Kier alpha value is -3.04. The molecule has 8 nitrogen and oxygen atoms in total. The Balaban J connectivity index is 1.98. The molecule has 9 heteroatoms. The summed E-state index contributed by atoms with van der Waals surface area (Å²) >= 11 is 0. The Kier molecular flexibility index (Phi) is 5.57. The summed E-state index contributed by atoms with van der Waals surface area (Å²) in [5.74, 6) is -0.640. The summed E-state index contributed by atoms with van der Waals surface area (Å²) < 4.78 is 32.2. The summed E-state index contributed by atoms with van der Waals surface area (Å²) in [4.78, 5) is 22.6. The first-order valence-corrected chi connectivity index (χ1v) is 9.87. The van der Waals surface area contributed by atoms with E-state index in [0.717, 1.165) is 4.31 Å². The molecule has 1 heterocycles. The molecule has 0 saturated carbocycles. The van der Waals surface area contributed by atoms with Crippen LogP contribution in [0, 0.1) is 10.1 Å². The highest BCUT2D eigenvalue weighted by molar-refractivity contribution is 7.89. The monoisotopic (exact) mass is 402 g/mol. The first-order chi connectivity index (χ1) is 13.3. The Morgan fingerprint density at radius 1 is 1.14 bits per heavy atom. The van der Waals surface area contributed by atoms with E-state index < -0.39 is 27.0 Å². The number of esters is 1. The molecule has 2 aromatic carbocycles. The molecule has 28 heavy (non-hydrogen) atoms. The van der Waals surface area contributed by atoms with Crippen LogP contribution < -0.4 is 0 Å². The fraction of sp³-hybridized carbons (Fsp3) is 0.211. The van der Waals surface area contributed by atoms with E-state index >= 15 is 0 Å². The second-order valence-corrected chi connectivity index (χ2v) is 8.06. The highest BCUT2D eigenvalue weighted by Gasteiger charge is 2.39. The quantitative estimate of drug-likeness (QED) is 0.432. The number of benzene rings is 2. The molecule has 1 aliphatic heterocycles. The van der Waals surface area contributed by atoms with Gasteiger partial charge in [0.2, 0.25) is 10.0 Å². The molecule has 1 aliphatic rings. The van der Waals surface area contributed by atoms with Crippen molar-refractivity contribution in [1.29, 1.82) is 0 Å². The molecule has 3 rings (SSSR count). The zero-order valence-corrected chi connectivity index (χ0v) is 15.8. The minimum absolute atomic E-state index is 0.0468. The molecule has 0 spiro atoms. The van der Waals surface area contributed by atoms with Crippen molar-refractivity contribution in [3.05, 3.63) is 76.4 Å². The van der Waals surface area contributed by atoms with Crippen LogP contribution >= 0.6 is 0 Å². The summed E-state index contributed by atoms with van der Waals surface area (Å²) in [5, 5.41) is 10.8. The van der Waals surface area contributed by atoms with Crippen molar-refractivity contribution >= 4 is 27.3 Å². The molecule has 0 aliphatic carbocycles. The molecule has 1 unspecified atom stereocenters. The lowest BCUT2D eigenvalue weighted by Gasteiger charge is -2.33. The summed E-state index contributed by atoms with van der Waals surface area (Å²) in [6.07, 6.45) is 1.91. The topological polar surface area (TPSA) is 107 Å². The average molecular weight is 402 g/mol. The van der Waals surface area contributed by atoms with Gasteiger partial charge in [0.15, 0.2) is 0 Å². The number of carbonyl (C=O) groups excluding carboxylic acids is 1. The van der Waals surface area contributed by atoms with Crippen LogP contribution in [-0.2, 0) is 19.6 Å². The van der Waals surface area contributed by atoms with Gasteiger partial charge in [-0.1, -0.05) is 24.3 Å². The number of nitro benzene ring substituents is 1. The number of ether oxygens (including phenoxy) is 1. The fourth-order valence-electron chi connectivity index (χ4n) is 3.05. The molecule has 0 radical (unpaired) electrons. The number of rotatable bonds is 5. The number of nitro groups is 1. The van der Waals surface area contributed by atoms with Gasteiger partial charge in [0.25, 0.3) is 5.69 Å². The van der Waals surface area contributed by atoms with Gasteiger partial charge in [0.1, 0.15) is 6.04 Å². The van der Waals surface area contributed by atoms with Crippen LogP contribution in [0.2, 0.25) is 0 Å². The van der Waals surface area contributed by atoms with Crippen LogP contribution in [-0.4, -0.2) is 43.3 Å². The van der Waals surface area contributed by atoms with E-state index in [1.165, 1.54) is 31.4 Å². The summed E-state index contributed by atoms with van der Waals surface area (Å²) in [6, 6.07) is 12.7. The van der Waals surface area contributed by atoms with Crippen molar-refractivity contribution in [2.75, 3.05) is 13.7 Å².